The summed E-state index contributed by atoms with van der Waals surface area (Å²) in [4.78, 5) is 29.5. The highest BCUT2D eigenvalue weighted by molar-refractivity contribution is 7.81. The average Bonchev–Trinajstić information content (AvgIpc) is 2.95. The number of benzene rings is 2. The van der Waals surface area contributed by atoms with Crippen molar-refractivity contribution >= 4 is 40.6 Å². The van der Waals surface area contributed by atoms with Crippen LogP contribution >= 0.6 is 12.2 Å². The Morgan fingerprint density at radius 2 is 1.81 bits per heavy atom. The molecule has 0 spiro atoms. The number of hydrogen-bond acceptors (Lipinski definition) is 6. The number of esters is 1. The molecule has 1 amide bonds. The van der Waals surface area contributed by atoms with E-state index in [9.17, 15) is 27.2 Å². The van der Waals surface area contributed by atoms with Gasteiger partial charge in [0, 0.05) is 12.2 Å². The van der Waals surface area contributed by atoms with Gasteiger partial charge >= 0.3 is 12.1 Å². The Hall–Kier alpha value is -3.56. The number of halogens is 4. The summed E-state index contributed by atoms with van der Waals surface area (Å²) >= 11 is 5.43. The normalized spacial score (nSPS) is 15.4. The van der Waals surface area contributed by atoms with Crippen molar-refractivity contribution in [2.24, 2.45) is 0 Å². The van der Waals surface area contributed by atoms with Crippen molar-refractivity contribution in [1.29, 1.82) is 5.26 Å². The number of anilines is 2. The number of nitrogens with zero attached hydrogens (tertiary/aromatic N) is 4. The zero-order valence-corrected chi connectivity index (χ0v) is 20.6. The number of likely N-dealkylation sites (N-methyl/N-ethyl adjacent to an activating group) is 1. The van der Waals surface area contributed by atoms with E-state index in [4.69, 9.17) is 22.2 Å². The minimum Gasteiger partial charge on any atom is -0.461 e. The zero-order valence-electron chi connectivity index (χ0n) is 19.8. The third kappa shape index (κ3) is 5.03. The number of thiocarbonyl (C=S) groups is 1. The number of alkyl halides is 3. The third-order valence-electron chi connectivity index (χ3n) is 5.56. The van der Waals surface area contributed by atoms with Crippen LogP contribution in [0.4, 0.5) is 28.9 Å². The van der Waals surface area contributed by atoms with Crippen LogP contribution in [0.1, 0.15) is 35.3 Å². The minimum atomic E-state index is -4.83. The van der Waals surface area contributed by atoms with E-state index in [1.807, 2.05) is 0 Å². The standard InChI is InChI=1S/C24H22F4N4O3S/c1-23(2)21(34)31(15-6-5-14(13-29)18(11-15)24(26,27)28)22(36)32(23)16-7-8-17(19(25)12-16)20(33)35-10-9-30(3)4/h5-8,11-12H,9-10H2,1-4H3. The molecule has 0 aliphatic carbocycles. The van der Waals surface area contributed by atoms with Crippen molar-refractivity contribution in [3.05, 3.63) is 58.9 Å². The molecule has 2 aromatic rings. The topological polar surface area (TPSA) is 76.9 Å². The number of carbonyl (C=O) groups excluding carboxylic acids is 2. The highest BCUT2D eigenvalue weighted by Gasteiger charge is 2.51. The lowest BCUT2D eigenvalue weighted by Gasteiger charge is -2.29. The highest BCUT2D eigenvalue weighted by Crippen LogP contribution is 2.39. The van der Waals surface area contributed by atoms with Gasteiger partial charge in [-0.2, -0.15) is 18.4 Å². The fraction of sp³-hybridized carbons (Fsp3) is 0.333. The second-order valence-corrected chi connectivity index (χ2v) is 9.13. The predicted molar refractivity (Wildman–Crippen MR) is 128 cm³/mol. The number of carbonyl (C=O) groups is 2. The molecule has 0 radical (unpaired) electrons. The first-order chi connectivity index (χ1) is 16.7. The maximum absolute atomic E-state index is 14.9. The van der Waals surface area contributed by atoms with Crippen LogP contribution in [0.2, 0.25) is 0 Å². The quantitative estimate of drug-likeness (QED) is 0.317. The van der Waals surface area contributed by atoms with Crippen LogP contribution in [-0.4, -0.2) is 54.7 Å². The smallest absolute Gasteiger partial charge is 0.417 e. The molecule has 3 rings (SSSR count). The van der Waals surface area contributed by atoms with Gasteiger partial charge in [0.2, 0.25) is 0 Å². The third-order valence-corrected chi connectivity index (χ3v) is 5.92. The highest BCUT2D eigenvalue weighted by atomic mass is 32.1. The second-order valence-electron chi connectivity index (χ2n) is 8.76. The van der Waals surface area contributed by atoms with Crippen molar-refractivity contribution in [2.75, 3.05) is 37.0 Å². The second kappa shape index (κ2) is 9.83. The number of amides is 1. The molecule has 1 fully saturated rings. The van der Waals surface area contributed by atoms with E-state index in [0.717, 1.165) is 17.0 Å². The van der Waals surface area contributed by atoms with E-state index in [1.165, 1.54) is 43.0 Å². The Morgan fingerprint density at radius 1 is 1.17 bits per heavy atom. The van der Waals surface area contributed by atoms with Gasteiger partial charge in [-0.15, -0.1) is 0 Å². The predicted octanol–water partition coefficient (Wildman–Crippen LogP) is 4.35. The molecular formula is C24H22F4N4O3S. The number of rotatable bonds is 6. The molecule has 0 atom stereocenters. The van der Waals surface area contributed by atoms with Crippen molar-refractivity contribution in [3.63, 3.8) is 0 Å². The van der Waals surface area contributed by atoms with Crippen LogP contribution in [0.25, 0.3) is 0 Å². The number of hydrogen-bond donors (Lipinski definition) is 0. The van der Waals surface area contributed by atoms with Crippen LogP contribution in [0.5, 0.6) is 0 Å². The summed E-state index contributed by atoms with van der Waals surface area (Å²) in [5.74, 6) is -2.43. The van der Waals surface area contributed by atoms with Crippen LogP contribution in [0.3, 0.4) is 0 Å². The van der Waals surface area contributed by atoms with E-state index in [2.05, 4.69) is 0 Å². The molecule has 12 heteroatoms. The van der Waals surface area contributed by atoms with Gasteiger partial charge in [0.25, 0.3) is 5.91 Å². The molecular weight excluding hydrogens is 500 g/mol. The molecule has 190 valence electrons. The van der Waals surface area contributed by atoms with Crippen molar-refractivity contribution < 1.29 is 31.9 Å². The number of nitriles is 1. The zero-order chi connectivity index (χ0) is 27.0. The largest absolute Gasteiger partial charge is 0.461 e. The van der Waals surface area contributed by atoms with Crippen LogP contribution in [0, 0.1) is 17.1 Å². The van der Waals surface area contributed by atoms with Gasteiger partial charge in [-0.1, -0.05) is 0 Å². The molecule has 1 heterocycles. The molecule has 36 heavy (non-hydrogen) atoms. The molecule has 0 N–H and O–H groups in total. The molecule has 0 aromatic heterocycles. The van der Waals surface area contributed by atoms with Gasteiger partial charge in [-0.25, -0.2) is 9.18 Å². The first-order valence-corrected chi connectivity index (χ1v) is 11.0. The Kier molecular flexibility index (Phi) is 7.38. The summed E-state index contributed by atoms with van der Waals surface area (Å²) in [6.45, 7) is 3.48. The fourth-order valence-electron chi connectivity index (χ4n) is 3.67. The Labute approximate surface area is 210 Å². The molecule has 2 aromatic carbocycles. The number of ether oxygens (including phenoxy) is 1. The maximum Gasteiger partial charge on any atom is 0.417 e. The summed E-state index contributed by atoms with van der Waals surface area (Å²) in [5.41, 5.74) is -3.59. The van der Waals surface area contributed by atoms with Crippen LogP contribution in [-0.2, 0) is 15.7 Å². The minimum absolute atomic E-state index is 0.0598. The fourth-order valence-corrected chi connectivity index (χ4v) is 4.19. The Bertz CT molecular complexity index is 1270. The molecule has 0 unspecified atom stereocenters. The Morgan fingerprint density at radius 3 is 2.36 bits per heavy atom. The van der Waals surface area contributed by atoms with Crippen LogP contribution in [0.15, 0.2) is 36.4 Å². The van der Waals surface area contributed by atoms with Gasteiger partial charge < -0.3 is 14.5 Å². The van der Waals surface area contributed by atoms with E-state index in [0.29, 0.717) is 12.6 Å². The SMILES string of the molecule is CN(C)CCOC(=O)c1ccc(N2C(=S)N(c3ccc(C#N)c(C(F)(F)F)c3)C(=O)C2(C)C)cc1F. The summed E-state index contributed by atoms with van der Waals surface area (Å²) in [5, 5.41) is 8.85. The van der Waals surface area contributed by atoms with E-state index < -0.39 is 40.5 Å². The Balaban J connectivity index is 1.96. The van der Waals surface area contributed by atoms with Gasteiger partial charge in [-0.3, -0.25) is 9.69 Å². The summed E-state index contributed by atoms with van der Waals surface area (Å²) in [7, 11) is 3.58. The lowest BCUT2D eigenvalue weighted by molar-refractivity contribution is -0.137. The molecule has 7 nitrogen and oxygen atoms in total. The lowest BCUT2D eigenvalue weighted by Crippen LogP contribution is -2.44. The van der Waals surface area contributed by atoms with Gasteiger partial charge in [0.05, 0.1) is 28.4 Å². The summed E-state index contributed by atoms with van der Waals surface area (Å²) < 4.78 is 60.4. The summed E-state index contributed by atoms with van der Waals surface area (Å²) in [6.07, 6.45) is -4.83. The molecule has 1 aliphatic heterocycles. The van der Waals surface area contributed by atoms with E-state index in [-0.39, 0.29) is 28.7 Å². The average molecular weight is 523 g/mol. The maximum atomic E-state index is 14.9. The lowest BCUT2D eigenvalue weighted by atomic mass is 10.0. The molecule has 0 bridgehead atoms. The molecule has 1 aliphatic rings. The first kappa shape index (κ1) is 27.0. The van der Waals surface area contributed by atoms with Gasteiger partial charge in [-0.05, 0) is 76.6 Å². The van der Waals surface area contributed by atoms with Crippen LogP contribution < -0.4 is 9.80 Å². The van der Waals surface area contributed by atoms with Crippen molar-refractivity contribution in [3.8, 4) is 6.07 Å². The van der Waals surface area contributed by atoms with E-state index >= 15 is 0 Å². The molecule has 1 saturated heterocycles. The van der Waals surface area contributed by atoms with Crippen molar-refractivity contribution in [2.45, 2.75) is 25.6 Å². The monoisotopic (exact) mass is 522 g/mol. The van der Waals surface area contributed by atoms with E-state index in [1.54, 1.807) is 19.0 Å². The van der Waals surface area contributed by atoms with Gasteiger partial charge in [0.1, 0.15) is 18.0 Å². The molecule has 0 saturated carbocycles. The first-order valence-electron chi connectivity index (χ1n) is 10.6. The summed E-state index contributed by atoms with van der Waals surface area (Å²) in [6, 6.07) is 7.87. The van der Waals surface area contributed by atoms with Gasteiger partial charge in [0.15, 0.2) is 5.11 Å². The van der Waals surface area contributed by atoms with Crippen molar-refractivity contribution in [1.82, 2.24) is 4.90 Å².